The Morgan fingerprint density at radius 2 is 1.72 bits per heavy atom. The number of methoxy groups -OCH3 is 2. The first kappa shape index (κ1) is 17.7. The molecule has 4 N–H and O–H groups in total. The standard InChI is InChI=1S/C18H18N4O3/c1-24-16-8-7-15(9-17(16)25-2)22-18(23)12(10-19)11-21-14-5-3-13(20)4-6-14/h3-9,11,21H,20H2,1-2H3,(H,22,23)/b12-11-. The Labute approximate surface area is 145 Å². The number of nitrogens with zero attached hydrogens (tertiary/aromatic N) is 1. The van der Waals surface area contributed by atoms with Gasteiger partial charge < -0.3 is 25.8 Å². The average Bonchev–Trinajstić information content (AvgIpc) is 2.63. The van der Waals surface area contributed by atoms with E-state index in [1.807, 2.05) is 6.07 Å². The Hall–Kier alpha value is -3.66. The Morgan fingerprint density at radius 3 is 2.32 bits per heavy atom. The lowest BCUT2D eigenvalue weighted by molar-refractivity contribution is -0.112. The first-order chi connectivity index (χ1) is 12.1. The lowest BCUT2D eigenvalue weighted by Crippen LogP contribution is -2.14. The molecular weight excluding hydrogens is 320 g/mol. The smallest absolute Gasteiger partial charge is 0.267 e. The number of carbonyl (C=O) groups is 1. The summed E-state index contributed by atoms with van der Waals surface area (Å²) in [5.74, 6) is 0.474. The number of carbonyl (C=O) groups excluding carboxylic acids is 1. The van der Waals surface area contributed by atoms with Crippen LogP contribution in [0.2, 0.25) is 0 Å². The molecular formula is C18H18N4O3. The van der Waals surface area contributed by atoms with Gasteiger partial charge in [-0.2, -0.15) is 5.26 Å². The fourth-order valence-electron chi connectivity index (χ4n) is 2.00. The first-order valence-corrected chi connectivity index (χ1v) is 7.33. The van der Waals surface area contributed by atoms with E-state index >= 15 is 0 Å². The molecule has 2 aromatic rings. The van der Waals surface area contributed by atoms with E-state index in [0.717, 1.165) is 0 Å². The van der Waals surface area contributed by atoms with Crippen LogP contribution in [0.3, 0.4) is 0 Å². The molecule has 2 rings (SSSR count). The number of benzene rings is 2. The van der Waals surface area contributed by atoms with Gasteiger partial charge in [0.15, 0.2) is 11.5 Å². The van der Waals surface area contributed by atoms with Gasteiger partial charge in [-0.15, -0.1) is 0 Å². The van der Waals surface area contributed by atoms with Crippen LogP contribution in [0.5, 0.6) is 11.5 Å². The van der Waals surface area contributed by atoms with E-state index in [9.17, 15) is 10.1 Å². The summed E-state index contributed by atoms with van der Waals surface area (Å²) >= 11 is 0. The number of nitriles is 1. The molecule has 128 valence electrons. The molecule has 7 heteroatoms. The molecule has 0 saturated heterocycles. The highest BCUT2D eigenvalue weighted by Crippen LogP contribution is 2.29. The molecule has 25 heavy (non-hydrogen) atoms. The van der Waals surface area contributed by atoms with Gasteiger partial charge in [0.05, 0.1) is 14.2 Å². The predicted molar refractivity (Wildman–Crippen MR) is 96.3 cm³/mol. The Balaban J connectivity index is 2.10. The lowest BCUT2D eigenvalue weighted by Gasteiger charge is -2.10. The van der Waals surface area contributed by atoms with Gasteiger partial charge in [-0.1, -0.05) is 0 Å². The molecule has 0 aliphatic rings. The molecule has 0 aliphatic carbocycles. The second-order valence-corrected chi connectivity index (χ2v) is 4.96. The van der Waals surface area contributed by atoms with Gasteiger partial charge in [-0.05, 0) is 36.4 Å². The minimum Gasteiger partial charge on any atom is -0.493 e. The molecule has 0 bridgehead atoms. The zero-order valence-corrected chi connectivity index (χ0v) is 13.9. The van der Waals surface area contributed by atoms with Crippen molar-refractivity contribution in [3.05, 3.63) is 54.2 Å². The third-order valence-corrected chi connectivity index (χ3v) is 3.30. The van der Waals surface area contributed by atoms with Gasteiger partial charge in [0.1, 0.15) is 11.6 Å². The van der Waals surface area contributed by atoms with Gasteiger partial charge >= 0.3 is 0 Å². The predicted octanol–water partition coefficient (Wildman–Crippen LogP) is 2.74. The molecule has 0 unspecified atom stereocenters. The minimum absolute atomic E-state index is 0.0772. The number of hydrogen-bond donors (Lipinski definition) is 3. The number of nitrogen functional groups attached to an aromatic ring is 1. The van der Waals surface area contributed by atoms with Crippen LogP contribution in [0.4, 0.5) is 17.1 Å². The zero-order chi connectivity index (χ0) is 18.2. The van der Waals surface area contributed by atoms with E-state index in [-0.39, 0.29) is 5.57 Å². The van der Waals surface area contributed by atoms with Gasteiger partial charge in [-0.3, -0.25) is 4.79 Å². The molecule has 0 aromatic heterocycles. The molecule has 0 atom stereocenters. The number of ether oxygens (including phenoxy) is 2. The largest absolute Gasteiger partial charge is 0.493 e. The zero-order valence-electron chi connectivity index (χ0n) is 13.9. The topological polar surface area (TPSA) is 109 Å². The molecule has 0 fully saturated rings. The van der Waals surface area contributed by atoms with Crippen LogP contribution in [-0.4, -0.2) is 20.1 Å². The van der Waals surface area contributed by atoms with E-state index in [4.69, 9.17) is 15.2 Å². The second-order valence-electron chi connectivity index (χ2n) is 4.96. The van der Waals surface area contributed by atoms with Crippen molar-refractivity contribution in [2.75, 3.05) is 30.6 Å². The van der Waals surface area contributed by atoms with Crippen LogP contribution in [0.1, 0.15) is 0 Å². The quantitative estimate of drug-likeness (QED) is 0.424. The third-order valence-electron chi connectivity index (χ3n) is 3.30. The summed E-state index contributed by atoms with van der Waals surface area (Å²) in [5.41, 5.74) is 7.35. The lowest BCUT2D eigenvalue weighted by atomic mass is 10.2. The summed E-state index contributed by atoms with van der Waals surface area (Å²) in [7, 11) is 3.02. The molecule has 2 aromatic carbocycles. The van der Waals surface area contributed by atoms with Crippen molar-refractivity contribution in [3.8, 4) is 17.6 Å². The van der Waals surface area contributed by atoms with Crippen LogP contribution < -0.4 is 25.8 Å². The summed E-state index contributed by atoms with van der Waals surface area (Å²) in [6, 6.07) is 13.7. The first-order valence-electron chi connectivity index (χ1n) is 7.33. The number of rotatable bonds is 6. The third kappa shape index (κ3) is 4.65. The van der Waals surface area contributed by atoms with Crippen LogP contribution in [-0.2, 0) is 4.79 Å². The van der Waals surface area contributed by atoms with Crippen molar-refractivity contribution in [3.63, 3.8) is 0 Å². The number of nitrogens with two attached hydrogens (primary N) is 1. The van der Waals surface area contributed by atoms with E-state index in [2.05, 4.69) is 10.6 Å². The summed E-state index contributed by atoms with van der Waals surface area (Å²) in [6.45, 7) is 0. The highest BCUT2D eigenvalue weighted by Gasteiger charge is 2.11. The molecule has 1 amide bonds. The minimum atomic E-state index is -0.544. The summed E-state index contributed by atoms with van der Waals surface area (Å²) in [4.78, 5) is 12.2. The Kier molecular flexibility index (Phi) is 5.85. The van der Waals surface area contributed by atoms with Crippen molar-refractivity contribution >= 4 is 23.0 Å². The van der Waals surface area contributed by atoms with Crippen molar-refractivity contribution in [2.45, 2.75) is 0 Å². The van der Waals surface area contributed by atoms with Gasteiger partial charge in [0.25, 0.3) is 5.91 Å². The fraction of sp³-hybridized carbons (Fsp3) is 0.111. The Morgan fingerprint density at radius 1 is 1.08 bits per heavy atom. The molecule has 0 heterocycles. The van der Waals surface area contributed by atoms with Crippen LogP contribution >= 0.6 is 0 Å². The van der Waals surface area contributed by atoms with Crippen molar-refractivity contribution < 1.29 is 14.3 Å². The van der Waals surface area contributed by atoms with Gasteiger partial charge in [0.2, 0.25) is 0 Å². The Bertz CT molecular complexity index is 823. The number of amides is 1. The SMILES string of the molecule is COc1ccc(NC(=O)/C(C#N)=C\Nc2ccc(N)cc2)cc1OC. The van der Waals surface area contributed by atoms with Crippen LogP contribution in [0.15, 0.2) is 54.2 Å². The number of hydrogen-bond acceptors (Lipinski definition) is 6. The summed E-state index contributed by atoms with van der Waals surface area (Å²) in [5, 5.41) is 14.7. The highest BCUT2D eigenvalue weighted by molar-refractivity contribution is 6.06. The van der Waals surface area contributed by atoms with E-state index < -0.39 is 5.91 Å². The van der Waals surface area contributed by atoms with E-state index in [1.54, 1.807) is 42.5 Å². The second kappa shape index (κ2) is 8.26. The normalized spacial score (nSPS) is 10.5. The van der Waals surface area contributed by atoms with Crippen molar-refractivity contribution in [2.24, 2.45) is 0 Å². The van der Waals surface area contributed by atoms with Crippen LogP contribution in [0.25, 0.3) is 0 Å². The van der Waals surface area contributed by atoms with E-state index in [1.165, 1.54) is 20.4 Å². The fourth-order valence-corrected chi connectivity index (χ4v) is 2.00. The molecule has 7 nitrogen and oxygen atoms in total. The maximum atomic E-state index is 12.2. The van der Waals surface area contributed by atoms with Gasteiger partial charge in [0, 0.05) is 29.3 Å². The molecule has 0 radical (unpaired) electrons. The molecule has 0 aliphatic heterocycles. The maximum Gasteiger partial charge on any atom is 0.267 e. The van der Waals surface area contributed by atoms with Crippen molar-refractivity contribution in [1.82, 2.24) is 0 Å². The average molecular weight is 338 g/mol. The molecule has 0 spiro atoms. The maximum absolute atomic E-state index is 12.2. The molecule has 0 saturated carbocycles. The number of anilines is 3. The summed E-state index contributed by atoms with van der Waals surface area (Å²) < 4.78 is 10.3. The van der Waals surface area contributed by atoms with Crippen molar-refractivity contribution in [1.29, 1.82) is 5.26 Å². The van der Waals surface area contributed by atoms with Crippen LogP contribution in [0, 0.1) is 11.3 Å². The number of nitrogens with one attached hydrogen (secondary N) is 2. The summed E-state index contributed by atoms with van der Waals surface area (Å²) in [6.07, 6.45) is 1.33. The van der Waals surface area contributed by atoms with E-state index in [0.29, 0.717) is 28.6 Å². The van der Waals surface area contributed by atoms with Gasteiger partial charge in [-0.25, -0.2) is 0 Å². The highest BCUT2D eigenvalue weighted by atomic mass is 16.5. The monoisotopic (exact) mass is 338 g/mol.